The van der Waals surface area contributed by atoms with Crippen LogP contribution in [-0.4, -0.2) is 51.9 Å². The number of carbonyl (C=O) groups excluding carboxylic acids is 1. The van der Waals surface area contributed by atoms with E-state index in [-0.39, 0.29) is 5.91 Å². The monoisotopic (exact) mass is 314 g/mol. The minimum absolute atomic E-state index is 0.0938. The van der Waals surface area contributed by atoms with Crippen LogP contribution in [0.4, 0.5) is 0 Å². The Labute approximate surface area is 133 Å². The number of rotatable bonds is 3. The van der Waals surface area contributed by atoms with Crippen LogP contribution in [0.15, 0.2) is 35.4 Å². The summed E-state index contributed by atoms with van der Waals surface area (Å²) in [7, 11) is 0. The highest BCUT2D eigenvalue weighted by Crippen LogP contribution is 2.32. The summed E-state index contributed by atoms with van der Waals surface area (Å²) in [6, 6.07) is 4.15. The third kappa shape index (κ3) is 2.64. The third-order valence-electron chi connectivity index (χ3n) is 4.66. The topological polar surface area (TPSA) is 49.3 Å². The van der Waals surface area contributed by atoms with Crippen LogP contribution in [0.5, 0.6) is 0 Å². The number of nitrogens with zero attached hydrogens (tertiary/aromatic N) is 4. The Morgan fingerprint density at radius 3 is 2.55 bits per heavy atom. The summed E-state index contributed by atoms with van der Waals surface area (Å²) in [6.07, 6.45) is 3.70. The maximum Gasteiger partial charge on any atom is 0.273 e. The number of thiazole rings is 1. The molecule has 2 saturated heterocycles. The standard InChI is InChI=1S/C16H18N4OS/c21-16(15-10-22-11-18-15)20-8-13-6-19(7-14(13)9-20)5-12-1-3-17-4-2-12/h1-4,10-11,13-14H,5-9H2/t13-,14-/m1/s1. The molecule has 2 aliphatic heterocycles. The molecule has 4 rings (SSSR count). The van der Waals surface area contributed by atoms with Crippen LogP contribution in [0.2, 0.25) is 0 Å². The fourth-order valence-electron chi connectivity index (χ4n) is 3.61. The van der Waals surface area contributed by atoms with Crippen LogP contribution >= 0.6 is 11.3 Å². The zero-order valence-corrected chi connectivity index (χ0v) is 13.1. The summed E-state index contributed by atoms with van der Waals surface area (Å²) in [6.45, 7) is 4.87. The molecule has 2 atom stereocenters. The van der Waals surface area contributed by atoms with E-state index < -0.39 is 0 Å². The Kier molecular flexibility index (Phi) is 3.63. The average Bonchev–Trinajstić information content (AvgIpc) is 3.23. The lowest BCUT2D eigenvalue weighted by atomic mass is 10.0. The molecule has 0 bridgehead atoms. The normalized spacial score (nSPS) is 24.6. The number of hydrogen-bond acceptors (Lipinski definition) is 5. The zero-order chi connectivity index (χ0) is 14.9. The van der Waals surface area contributed by atoms with Crippen LogP contribution in [0.3, 0.4) is 0 Å². The molecule has 0 unspecified atom stereocenters. The van der Waals surface area contributed by atoms with Gasteiger partial charge in [0.2, 0.25) is 0 Å². The Morgan fingerprint density at radius 1 is 1.18 bits per heavy atom. The van der Waals surface area contributed by atoms with Gasteiger partial charge in [0, 0.05) is 50.5 Å². The van der Waals surface area contributed by atoms with Crippen molar-refractivity contribution in [2.24, 2.45) is 11.8 Å². The van der Waals surface area contributed by atoms with Gasteiger partial charge < -0.3 is 4.90 Å². The molecule has 1 amide bonds. The predicted molar refractivity (Wildman–Crippen MR) is 84.5 cm³/mol. The number of fused-ring (bicyclic) bond motifs is 1. The third-order valence-corrected chi connectivity index (χ3v) is 5.24. The second-order valence-electron chi connectivity index (χ2n) is 6.15. The highest BCUT2D eigenvalue weighted by atomic mass is 32.1. The molecule has 0 N–H and O–H groups in total. The van der Waals surface area contributed by atoms with Crippen LogP contribution in [0.1, 0.15) is 16.1 Å². The molecule has 5 nitrogen and oxygen atoms in total. The summed E-state index contributed by atoms with van der Waals surface area (Å²) < 4.78 is 0. The van der Waals surface area contributed by atoms with Gasteiger partial charge in [0.15, 0.2) is 0 Å². The van der Waals surface area contributed by atoms with Crippen molar-refractivity contribution < 1.29 is 4.79 Å². The Bertz CT molecular complexity index is 631. The lowest BCUT2D eigenvalue weighted by Gasteiger charge is -2.21. The van der Waals surface area contributed by atoms with E-state index in [0.717, 1.165) is 32.7 Å². The van der Waals surface area contributed by atoms with E-state index in [0.29, 0.717) is 17.5 Å². The first-order valence-corrected chi connectivity index (χ1v) is 8.52. The highest BCUT2D eigenvalue weighted by Gasteiger charge is 2.41. The van der Waals surface area contributed by atoms with E-state index in [1.165, 1.54) is 16.9 Å². The van der Waals surface area contributed by atoms with E-state index in [2.05, 4.69) is 27.0 Å². The van der Waals surface area contributed by atoms with Gasteiger partial charge in [0.25, 0.3) is 5.91 Å². The number of aromatic nitrogens is 2. The quantitative estimate of drug-likeness (QED) is 0.866. The molecule has 2 fully saturated rings. The average molecular weight is 314 g/mol. The summed E-state index contributed by atoms with van der Waals surface area (Å²) >= 11 is 1.48. The summed E-state index contributed by atoms with van der Waals surface area (Å²) in [5, 5.41) is 1.84. The Morgan fingerprint density at radius 2 is 1.91 bits per heavy atom. The number of amides is 1. The van der Waals surface area contributed by atoms with Crippen molar-refractivity contribution in [3.63, 3.8) is 0 Å². The van der Waals surface area contributed by atoms with Crippen LogP contribution in [0, 0.1) is 11.8 Å². The molecular formula is C16H18N4OS. The lowest BCUT2D eigenvalue weighted by molar-refractivity contribution is 0.0768. The fourth-order valence-corrected chi connectivity index (χ4v) is 4.14. The SMILES string of the molecule is O=C(c1cscn1)N1C[C@H]2CN(Cc3ccncc3)C[C@@H]2C1. The first-order chi connectivity index (χ1) is 10.8. The first kappa shape index (κ1) is 13.8. The maximum atomic E-state index is 12.4. The van der Waals surface area contributed by atoms with Gasteiger partial charge in [0.1, 0.15) is 5.69 Å². The number of likely N-dealkylation sites (tertiary alicyclic amines) is 2. The molecule has 0 aliphatic carbocycles. The molecule has 2 aliphatic rings. The minimum Gasteiger partial charge on any atom is -0.337 e. The molecular weight excluding hydrogens is 296 g/mol. The summed E-state index contributed by atoms with van der Waals surface area (Å²) in [5.74, 6) is 1.30. The molecule has 0 saturated carbocycles. The molecule has 0 aromatic carbocycles. The molecule has 4 heterocycles. The van der Waals surface area contributed by atoms with Crippen molar-refractivity contribution in [3.8, 4) is 0 Å². The van der Waals surface area contributed by atoms with Crippen molar-refractivity contribution >= 4 is 17.2 Å². The molecule has 114 valence electrons. The van der Waals surface area contributed by atoms with E-state index in [4.69, 9.17) is 0 Å². The highest BCUT2D eigenvalue weighted by molar-refractivity contribution is 7.07. The van der Waals surface area contributed by atoms with Gasteiger partial charge >= 0.3 is 0 Å². The molecule has 2 aromatic heterocycles. The van der Waals surface area contributed by atoms with Crippen molar-refractivity contribution in [1.82, 2.24) is 19.8 Å². The van der Waals surface area contributed by atoms with Gasteiger partial charge in [-0.2, -0.15) is 0 Å². The van der Waals surface area contributed by atoms with E-state index in [1.807, 2.05) is 22.7 Å². The second kappa shape index (κ2) is 5.78. The van der Waals surface area contributed by atoms with Crippen molar-refractivity contribution in [3.05, 3.63) is 46.7 Å². The molecule has 22 heavy (non-hydrogen) atoms. The van der Waals surface area contributed by atoms with Crippen molar-refractivity contribution in [2.75, 3.05) is 26.2 Å². The molecule has 2 aromatic rings. The number of hydrogen-bond donors (Lipinski definition) is 0. The largest absolute Gasteiger partial charge is 0.337 e. The van der Waals surface area contributed by atoms with E-state index >= 15 is 0 Å². The van der Waals surface area contributed by atoms with Gasteiger partial charge in [0.05, 0.1) is 5.51 Å². The van der Waals surface area contributed by atoms with Gasteiger partial charge in [-0.3, -0.25) is 14.7 Å². The van der Waals surface area contributed by atoms with E-state index in [9.17, 15) is 4.79 Å². The van der Waals surface area contributed by atoms with Gasteiger partial charge in [-0.05, 0) is 29.5 Å². The van der Waals surface area contributed by atoms with Crippen LogP contribution in [0.25, 0.3) is 0 Å². The summed E-state index contributed by atoms with van der Waals surface area (Å²) in [5.41, 5.74) is 3.63. The Hall–Kier alpha value is -1.79. The van der Waals surface area contributed by atoms with Crippen LogP contribution < -0.4 is 0 Å². The minimum atomic E-state index is 0.0938. The van der Waals surface area contributed by atoms with Gasteiger partial charge in [-0.1, -0.05) is 0 Å². The molecule has 0 spiro atoms. The van der Waals surface area contributed by atoms with Gasteiger partial charge in [-0.25, -0.2) is 4.98 Å². The maximum absolute atomic E-state index is 12.4. The lowest BCUT2D eigenvalue weighted by Crippen LogP contribution is -2.33. The molecule has 6 heteroatoms. The smallest absolute Gasteiger partial charge is 0.273 e. The second-order valence-corrected chi connectivity index (χ2v) is 6.87. The van der Waals surface area contributed by atoms with E-state index in [1.54, 1.807) is 5.51 Å². The van der Waals surface area contributed by atoms with Crippen molar-refractivity contribution in [1.29, 1.82) is 0 Å². The zero-order valence-electron chi connectivity index (χ0n) is 12.3. The predicted octanol–water partition coefficient (Wildman–Crippen LogP) is 1.74. The Balaban J connectivity index is 1.36. The number of carbonyl (C=O) groups is 1. The first-order valence-electron chi connectivity index (χ1n) is 7.58. The van der Waals surface area contributed by atoms with Crippen molar-refractivity contribution in [2.45, 2.75) is 6.54 Å². The fraction of sp³-hybridized carbons (Fsp3) is 0.438. The molecule has 0 radical (unpaired) electrons. The van der Waals surface area contributed by atoms with Crippen LogP contribution in [-0.2, 0) is 6.54 Å². The van der Waals surface area contributed by atoms with Gasteiger partial charge in [-0.15, -0.1) is 11.3 Å². The number of pyridine rings is 1. The summed E-state index contributed by atoms with van der Waals surface area (Å²) in [4.78, 5) is 25.0.